The molecule has 26 heavy (non-hydrogen) atoms. The predicted molar refractivity (Wildman–Crippen MR) is 92.6 cm³/mol. The van der Waals surface area contributed by atoms with Crippen molar-refractivity contribution in [1.82, 2.24) is 15.0 Å². The molecule has 0 saturated heterocycles. The van der Waals surface area contributed by atoms with Crippen LogP contribution in [0.15, 0.2) is 48.7 Å². The molecule has 2 aromatic carbocycles. The molecular formula is C18H16ClF2N3O2. The average Bonchev–Trinajstić information content (AvgIpc) is 3.09. The normalized spacial score (nSPS) is 11.6. The molecule has 3 aromatic rings. The number of hydrogen-bond donors (Lipinski definition) is 1. The maximum absolute atomic E-state index is 13.7. The fraction of sp³-hybridized carbons (Fsp3) is 0.222. The minimum atomic E-state index is -3.01. The van der Waals surface area contributed by atoms with Gasteiger partial charge in [0.15, 0.2) is 0 Å². The van der Waals surface area contributed by atoms with Gasteiger partial charge in [0.25, 0.3) is 5.92 Å². The van der Waals surface area contributed by atoms with Crippen LogP contribution in [0, 0.1) is 0 Å². The van der Waals surface area contributed by atoms with E-state index in [-0.39, 0.29) is 29.4 Å². The van der Waals surface area contributed by atoms with Crippen LogP contribution in [0.4, 0.5) is 8.78 Å². The van der Waals surface area contributed by atoms with E-state index in [1.54, 1.807) is 36.5 Å². The molecule has 1 N–H and O–H groups in total. The summed E-state index contributed by atoms with van der Waals surface area (Å²) < 4.78 is 34.6. The molecule has 0 unspecified atom stereocenters. The number of aliphatic hydroxyl groups is 1. The van der Waals surface area contributed by atoms with Gasteiger partial charge in [-0.2, -0.15) is 0 Å². The third kappa shape index (κ3) is 4.00. The van der Waals surface area contributed by atoms with Gasteiger partial charge < -0.3 is 9.84 Å². The Morgan fingerprint density at radius 2 is 1.92 bits per heavy atom. The summed E-state index contributed by atoms with van der Waals surface area (Å²) in [7, 11) is 0. The number of halogens is 3. The Balaban J connectivity index is 1.75. The van der Waals surface area contributed by atoms with Crippen molar-refractivity contribution in [1.29, 1.82) is 0 Å². The highest BCUT2D eigenvalue weighted by molar-refractivity contribution is 6.31. The van der Waals surface area contributed by atoms with E-state index in [9.17, 15) is 8.78 Å². The molecule has 0 aliphatic rings. The molecule has 0 aliphatic heterocycles. The minimum Gasteiger partial charge on any atom is -0.489 e. The SMILES string of the molecule is CC(F)(F)c1cccc(Cl)c1COc1ccc(-n2cc(CO)nn2)cc1. The van der Waals surface area contributed by atoms with E-state index < -0.39 is 5.92 Å². The number of alkyl halides is 2. The fourth-order valence-corrected chi connectivity index (χ4v) is 2.69. The lowest BCUT2D eigenvalue weighted by Gasteiger charge is -2.17. The number of aromatic nitrogens is 3. The number of nitrogens with zero attached hydrogens (tertiary/aromatic N) is 3. The van der Waals surface area contributed by atoms with Gasteiger partial charge in [0.2, 0.25) is 0 Å². The van der Waals surface area contributed by atoms with Crippen molar-refractivity contribution in [2.75, 3.05) is 0 Å². The number of hydrogen-bond acceptors (Lipinski definition) is 4. The molecule has 0 atom stereocenters. The van der Waals surface area contributed by atoms with E-state index in [0.29, 0.717) is 11.4 Å². The number of benzene rings is 2. The average molecular weight is 380 g/mol. The van der Waals surface area contributed by atoms with Crippen LogP contribution in [0.2, 0.25) is 5.02 Å². The van der Waals surface area contributed by atoms with E-state index in [4.69, 9.17) is 21.4 Å². The van der Waals surface area contributed by atoms with E-state index in [0.717, 1.165) is 12.6 Å². The molecular weight excluding hydrogens is 364 g/mol. The Hall–Kier alpha value is -2.51. The van der Waals surface area contributed by atoms with E-state index >= 15 is 0 Å². The molecule has 0 amide bonds. The molecule has 0 fully saturated rings. The lowest BCUT2D eigenvalue weighted by atomic mass is 10.0. The van der Waals surface area contributed by atoms with Crippen LogP contribution in [0.25, 0.3) is 5.69 Å². The molecule has 8 heteroatoms. The summed E-state index contributed by atoms with van der Waals surface area (Å²) in [6.45, 7) is 0.564. The van der Waals surface area contributed by atoms with Crippen LogP contribution in [-0.4, -0.2) is 20.1 Å². The first kappa shape index (κ1) is 18.3. The molecule has 0 bridgehead atoms. The molecule has 1 heterocycles. The molecule has 136 valence electrons. The molecule has 0 aliphatic carbocycles. The van der Waals surface area contributed by atoms with Gasteiger partial charge in [-0.05, 0) is 30.3 Å². The first-order valence-corrected chi connectivity index (χ1v) is 8.17. The van der Waals surface area contributed by atoms with Crippen molar-refractivity contribution in [3.8, 4) is 11.4 Å². The van der Waals surface area contributed by atoms with Crippen LogP contribution in [0.3, 0.4) is 0 Å². The Morgan fingerprint density at radius 3 is 2.54 bits per heavy atom. The molecule has 1 aromatic heterocycles. The lowest BCUT2D eigenvalue weighted by molar-refractivity contribution is 0.0156. The monoisotopic (exact) mass is 379 g/mol. The molecule has 3 rings (SSSR count). The second kappa shape index (κ2) is 7.39. The highest BCUT2D eigenvalue weighted by atomic mass is 35.5. The van der Waals surface area contributed by atoms with Crippen LogP contribution in [0.5, 0.6) is 5.75 Å². The number of aliphatic hydroxyl groups excluding tert-OH is 1. The van der Waals surface area contributed by atoms with Crippen molar-refractivity contribution < 1.29 is 18.6 Å². The number of rotatable bonds is 6. The Labute approximate surface area is 153 Å². The zero-order valence-electron chi connectivity index (χ0n) is 13.9. The van der Waals surface area contributed by atoms with Gasteiger partial charge in [-0.1, -0.05) is 28.9 Å². The summed E-state index contributed by atoms with van der Waals surface area (Å²) in [5.74, 6) is -2.51. The Bertz CT molecular complexity index is 892. The van der Waals surface area contributed by atoms with Crippen LogP contribution >= 0.6 is 11.6 Å². The van der Waals surface area contributed by atoms with Gasteiger partial charge in [-0.3, -0.25) is 0 Å². The zero-order valence-corrected chi connectivity index (χ0v) is 14.6. The van der Waals surface area contributed by atoms with Crippen LogP contribution < -0.4 is 4.74 Å². The summed E-state index contributed by atoms with van der Waals surface area (Å²) in [4.78, 5) is 0. The third-order valence-electron chi connectivity index (χ3n) is 3.78. The molecule has 0 radical (unpaired) electrons. The first-order valence-electron chi connectivity index (χ1n) is 7.79. The topological polar surface area (TPSA) is 60.2 Å². The molecule has 5 nitrogen and oxygen atoms in total. The summed E-state index contributed by atoms with van der Waals surface area (Å²) in [6, 6.07) is 11.3. The minimum absolute atomic E-state index is 0.0736. The van der Waals surface area contributed by atoms with Crippen molar-refractivity contribution in [2.24, 2.45) is 0 Å². The standard InChI is InChI=1S/C18H16ClF2N3O2/c1-18(20,21)16-3-2-4-17(19)15(16)11-26-14-7-5-13(6-8-14)24-9-12(10-25)22-23-24/h2-9,25H,10-11H2,1H3. The zero-order chi connectivity index (χ0) is 18.7. The molecule has 0 spiro atoms. The summed E-state index contributed by atoms with van der Waals surface area (Å²) in [5, 5.41) is 17.0. The third-order valence-corrected chi connectivity index (χ3v) is 4.13. The Morgan fingerprint density at radius 1 is 1.19 bits per heavy atom. The van der Waals surface area contributed by atoms with Gasteiger partial charge in [0.05, 0.1) is 18.5 Å². The smallest absolute Gasteiger partial charge is 0.270 e. The highest BCUT2D eigenvalue weighted by Gasteiger charge is 2.28. The van der Waals surface area contributed by atoms with E-state index in [1.807, 2.05) is 0 Å². The maximum Gasteiger partial charge on any atom is 0.270 e. The van der Waals surface area contributed by atoms with Crippen molar-refractivity contribution in [3.63, 3.8) is 0 Å². The largest absolute Gasteiger partial charge is 0.489 e. The summed E-state index contributed by atoms with van der Waals surface area (Å²) in [5.41, 5.74) is 1.29. The molecule has 0 saturated carbocycles. The van der Waals surface area contributed by atoms with Gasteiger partial charge in [0.1, 0.15) is 18.1 Å². The van der Waals surface area contributed by atoms with E-state index in [1.165, 1.54) is 16.8 Å². The van der Waals surface area contributed by atoms with Crippen molar-refractivity contribution >= 4 is 11.6 Å². The highest BCUT2D eigenvalue weighted by Crippen LogP contribution is 2.34. The van der Waals surface area contributed by atoms with Crippen LogP contribution in [0.1, 0.15) is 23.7 Å². The quantitative estimate of drug-likeness (QED) is 0.700. The maximum atomic E-state index is 13.7. The summed E-state index contributed by atoms with van der Waals surface area (Å²) >= 11 is 6.07. The summed E-state index contributed by atoms with van der Waals surface area (Å²) in [6.07, 6.45) is 1.61. The predicted octanol–water partition coefficient (Wildman–Crippen LogP) is 4.10. The van der Waals surface area contributed by atoms with Gasteiger partial charge in [-0.15, -0.1) is 5.10 Å². The van der Waals surface area contributed by atoms with Crippen molar-refractivity contribution in [2.45, 2.75) is 26.1 Å². The van der Waals surface area contributed by atoms with Crippen LogP contribution in [-0.2, 0) is 19.1 Å². The number of ether oxygens (including phenoxy) is 1. The van der Waals surface area contributed by atoms with E-state index in [2.05, 4.69) is 10.3 Å². The second-order valence-corrected chi connectivity index (χ2v) is 6.16. The first-order chi connectivity index (χ1) is 12.4. The van der Waals surface area contributed by atoms with Gasteiger partial charge in [0, 0.05) is 23.1 Å². The lowest BCUT2D eigenvalue weighted by Crippen LogP contribution is -2.12. The Kier molecular flexibility index (Phi) is 5.20. The van der Waals surface area contributed by atoms with Crippen molar-refractivity contribution in [3.05, 3.63) is 70.5 Å². The van der Waals surface area contributed by atoms with Gasteiger partial charge >= 0.3 is 0 Å². The second-order valence-electron chi connectivity index (χ2n) is 5.75. The fourth-order valence-electron chi connectivity index (χ4n) is 2.46. The van der Waals surface area contributed by atoms with Gasteiger partial charge in [-0.25, -0.2) is 13.5 Å².